The van der Waals surface area contributed by atoms with Crippen LogP contribution in [0.3, 0.4) is 0 Å². The minimum absolute atomic E-state index is 0.282. The highest BCUT2D eigenvalue weighted by Crippen LogP contribution is 2.35. The fourth-order valence-electron chi connectivity index (χ4n) is 3.08. The van der Waals surface area contributed by atoms with E-state index >= 15 is 0 Å². The monoisotopic (exact) mass is 230 g/mol. The number of aromatic nitrogens is 1. The van der Waals surface area contributed by atoms with E-state index in [9.17, 15) is 5.11 Å². The normalized spacial score (nSPS) is 16.4. The van der Waals surface area contributed by atoms with Crippen molar-refractivity contribution in [3.63, 3.8) is 0 Å². The molecule has 0 amide bonds. The van der Waals surface area contributed by atoms with Gasteiger partial charge in [0.25, 0.3) is 0 Å². The van der Waals surface area contributed by atoms with Gasteiger partial charge in [-0.05, 0) is 25.3 Å². The van der Waals surface area contributed by atoms with E-state index in [-0.39, 0.29) is 6.54 Å². The van der Waals surface area contributed by atoms with Crippen LogP contribution in [0.1, 0.15) is 29.3 Å². The summed E-state index contributed by atoms with van der Waals surface area (Å²) >= 11 is 0. The van der Waals surface area contributed by atoms with E-state index in [2.05, 4.69) is 29.7 Å². The maximum absolute atomic E-state index is 10.1. The molecule has 1 aromatic carbocycles. The highest BCUT2D eigenvalue weighted by atomic mass is 16.3. The molecule has 0 fully saturated rings. The zero-order valence-corrected chi connectivity index (χ0v) is 10.1. The van der Waals surface area contributed by atoms with Crippen molar-refractivity contribution in [2.24, 2.45) is 5.73 Å². The van der Waals surface area contributed by atoms with Crippen LogP contribution in [-0.4, -0.2) is 16.2 Å². The summed E-state index contributed by atoms with van der Waals surface area (Å²) in [7, 11) is 0. The van der Waals surface area contributed by atoms with Gasteiger partial charge in [-0.15, -0.1) is 0 Å². The Morgan fingerprint density at radius 2 is 2.29 bits per heavy atom. The Labute approximate surface area is 101 Å². The molecule has 0 saturated heterocycles. The Bertz CT molecular complexity index is 571. The van der Waals surface area contributed by atoms with Gasteiger partial charge in [-0.25, -0.2) is 0 Å². The standard InChI is InChI=1S/C14H18N2O/c1-9-13(12(17)8-15)11-6-2-4-10-5-3-7-16(9)14(10)11/h2,4,6,12,17H,3,5,7-8,15H2,1H3. The van der Waals surface area contributed by atoms with Gasteiger partial charge < -0.3 is 15.4 Å². The van der Waals surface area contributed by atoms with Crippen molar-refractivity contribution in [1.82, 2.24) is 4.57 Å². The van der Waals surface area contributed by atoms with E-state index < -0.39 is 6.10 Å². The number of para-hydroxylation sites is 1. The zero-order chi connectivity index (χ0) is 12.0. The van der Waals surface area contributed by atoms with Crippen molar-refractivity contribution in [2.75, 3.05) is 6.54 Å². The quantitative estimate of drug-likeness (QED) is 0.827. The lowest BCUT2D eigenvalue weighted by atomic mass is 10.0. The molecule has 2 heterocycles. The number of hydrogen-bond acceptors (Lipinski definition) is 2. The molecule has 1 aromatic heterocycles. The third-order valence-electron chi connectivity index (χ3n) is 3.86. The summed E-state index contributed by atoms with van der Waals surface area (Å²) in [4.78, 5) is 0. The van der Waals surface area contributed by atoms with Crippen molar-refractivity contribution in [3.8, 4) is 0 Å². The van der Waals surface area contributed by atoms with Crippen molar-refractivity contribution < 1.29 is 5.11 Å². The molecule has 3 nitrogen and oxygen atoms in total. The van der Waals surface area contributed by atoms with Crippen LogP contribution < -0.4 is 5.73 Å². The Hall–Kier alpha value is -1.32. The average Bonchev–Trinajstić information content (AvgIpc) is 2.65. The number of hydrogen-bond donors (Lipinski definition) is 2. The molecule has 17 heavy (non-hydrogen) atoms. The number of benzene rings is 1. The summed E-state index contributed by atoms with van der Waals surface area (Å²) in [6.45, 7) is 3.42. The summed E-state index contributed by atoms with van der Waals surface area (Å²) < 4.78 is 2.34. The number of nitrogens with zero attached hydrogens (tertiary/aromatic N) is 1. The lowest BCUT2D eigenvalue weighted by Gasteiger charge is -2.16. The predicted molar refractivity (Wildman–Crippen MR) is 69.0 cm³/mol. The van der Waals surface area contributed by atoms with Crippen molar-refractivity contribution in [3.05, 3.63) is 35.0 Å². The average molecular weight is 230 g/mol. The van der Waals surface area contributed by atoms with Gasteiger partial charge in [-0.2, -0.15) is 0 Å². The molecule has 3 N–H and O–H groups in total. The van der Waals surface area contributed by atoms with Crippen LogP contribution in [0, 0.1) is 6.92 Å². The van der Waals surface area contributed by atoms with Crippen LogP contribution in [-0.2, 0) is 13.0 Å². The minimum Gasteiger partial charge on any atom is -0.387 e. The van der Waals surface area contributed by atoms with Gasteiger partial charge in [0, 0.05) is 29.7 Å². The largest absolute Gasteiger partial charge is 0.387 e. The smallest absolute Gasteiger partial charge is 0.0935 e. The van der Waals surface area contributed by atoms with Crippen LogP contribution in [0.2, 0.25) is 0 Å². The molecule has 1 aliphatic rings. The predicted octanol–water partition coefficient (Wildman–Crippen LogP) is 1.89. The Balaban J connectivity index is 2.38. The minimum atomic E-state index is -0.549. The molecular formula is C14H18N2O. The number of aliphatic hydroxyl groups is 1. The highest BCUT2D eigenvalue weighted by molar-refractivity contribution is 5.89. The number of aryl methyl sites for hydroxylation is 2. The lowest BCUT2D eigenvalue weighted by Crippen LogP contribution is -2.13. The molecule has 3 rings (SSSR count). The lowest BCUT2D eigenvalue weighted by molar-refractivity contribution is 0.187. The van der Waals surface area contributed by atoms with Crippen molar-refractivity contribution in [2.45, 2.75) is 32.4 Å². The number of rotatable bonds is 2. The molecule has 2 aromatic rings. The van der Waals surface area contributed by atoms with Crippen LogP contribution >= 0.6 is 0 Å². The first-order valence-corrected chi connectivity index (χ1v) is 6.22. The second-order valence-corrected chi connectivity index (χ2v) is 4.82. The summed E-state index contributed by atoms with van der Waals surface area (Å²) in [5, 5.41) is 11.3. The second kappa shape index (κ2) is 3.86. The molecule has 1 unspecified atom stereocenters. The van der Waals surface area contributed by atoms with Gasteiger partial charge in [0.05, 0.1) is 11.6 Å². The van der Waals surface area contributed by atoms with Gasteiger partial charge >= 0.3 is 0 Å². The van der Waals surface area contributed by atoms with Crippen LogP contribution in [0.5, 0.6) is 0 Å². The van der Waals surface area contributed by atoms with Crippen LogP contribution in [0.25, 0.3) is 10.9 Å². The second-order valence-electron chi connectivity index (χ2n) is 4.82. The zero-order valence-electron chi connectivity index (χ0n) is 10.1. The van der Waals surface area contributed by atoms with Crippen LogP contribution in [0.15, 0.2) is 18.2 Å². The van der Waals surface area contributed by atoms with E-state index in [1.54, 1.807) is 0 Å². The van der Waals surface area contributed by atoms with E-state index in [0.29, 0.717) is 0 Å². The van der Waals surface area contributed by atoms with Crippen molar-refractivity contribution >= 4 is 10.9 Å². The third-order valence-corrected chi connectivity index (χ3v) is 3.86. The molecule has 0 radical (unpaired) electrons. The molecular weight excluding hydrogens is 212 g/mol. The Kier molecular flexibility index (Phi) is 2.45. The Morgan fingerprint density at radius 1 is 1.47 bits per heavy atom. The van der Waals surface area contributed by atoms with Gasteiger partial charge in [-0.1, -0.05) is 18.2 Å². The molecule has 0 bridgehead atoms. The molecule has 0 spiro atoms. The van der Waals surface area contributed by atoms with E-state index in [4.69, 9.17) is 5.73 Å². The molecule has 1 aliphatic heterocycles. The first-order valence-electron chi connectivity index (χ1n) is 6.22. The Morgan fingerprint density at radius 3 is 3.06 bits per heavy atom. The number of nitrogens with two attached hydrogens (primary N) is 1. The molecule has 0 saturated carbocycles. The fraction of sp³-hybridized carbons (Fsp3) is 0.429. The van der Waals surface area contributed by atoms with Crippen LogP contribution in [0.4, 0.5) is 0 Å². The van der Waals surface area contributed by atoms with E-state index in [1.165, 1.54) is 28.6 Å². The summed E-state index contributed by atoms with van der Waals surface area (Å²) in [5.74, 6) is 0. The molecule has 3 heteroatoms. The van der Waals surface area contributed by atoms with E-state index in [1.807, 2.05) is 0 Å². The summed E-state index contributed by atoms with van der Waals surface area (Å²) in [6, 6.07) is 6.37. The van der Waals surface area contributed by atoms with Gasteiger partial charge in [0.1, 0.15) is 0 Å². The molecule has 1 atom stereocenters. The summed E-state index contributed by atoms with van der Waals surface area (Å²) in [6.07, 6.45) is 1.77. The van der Waals surface area contributed by atoms with Crippen molar-refractivity contribution in [1.29, 1.82) is 0 Å². The topological polar surface area (TPSA) is 51.2 Å². The maximum atomic E-state index is 10.1. The SMILES string of the molecule is Cc1c(C(O)CN)c2cccc3c2n1CCC3. The summed E-state index contributed by atoms with van der Waals surface area (Å²) in [5.41, 5.74) is 10.5. The van der Waals surface area contributed by atoms with Gasteiger partial charge in [0.2, 0.25) is 0 Å². The maximum Gasteiger partial charge on any atom is 0.0935 e. The first kappa shape index (κ1) is 10.8. The van der Waals surface area contributed by atoms with Gasteiger partial charge in [0.15, 0.2) is 0 Å². The van der Waals surface area contributed by atoms with Gasteiger partial charge in [-0.3, -0.25) is 0 Å². The first-order chi connectivity index (χ1) is 8.24. The molecule has 0 aliphatic carbocycles. The van der Waals surface area contributed by atoms with E-state index in [0.717, 1.165) is 18.5 Å². The molecule has 90 valence electrons. The number of aliphatic hydroxyl groups excluding tert-OH is 1. The highest BCUT2D eigenvalue weighted by Gasteiger charge is 2.22. The fourth-order valence-corrected chi connectivity index (χ4v) is 3.08. The third kappa shape index (κ3) is 1.43.